The lowest BCUT2D eigenvalue weighted by Crippen LogP contribution is -2.05. The van der Waals surface area contributed by atoms with E-state index in [9.17, 15) is 9.90 Å². The Hall–Kier alpha value is -3.35. The van der Waals surface area contributed by atoms with Crippen LogP contribution in [0.25, 0.3) is 11.4 Å². The van der Waals surface area contributed by atoms with Crippen molar-refractivity contribution in [2.75, 3.05) is 7.11 Å². The highest BCUT2D eigenvalue weighted by molar-refractivity contribution is 5.90. The van der Waals surface area contributed by atoms with Crippen molar-refractivity contribution < 1.29 is 23.9 Å². The molecule has 0 aliphatic carbocycles. The number of para-hydroxylation sites is 1. The number of rotatable bonds is 5. The van der Waals surface area contributed by atoms with Crippen LogP contribution in [0.5, 0.6) is 11.5 Å². The Labute approximate surface area is 143 Å². The Morgan fingerprint density at radius 2 is 2.04 bits per heavy atom. The van der Waals surface area contributed by atoms with Crippen molar-refractivity contribution in [1.82, 2.24) is 10.1 Å². The molecule has 7 nitrogen and oxygen atoms in total. The van der Waals surface area contributed by atoms with Gasteiger partial charge in [0.05, 0.1) is 18.2 Å². The maximum absolute atomic E-state index is 12.0. The van der Waals surface area contributed by atoms with Gasteiger partial charge in [0.1, 0.15) is 11.5 Å². The van der Waals surface area contributed by atoms with Gasteiger partial charge in [-0.3, -0.25) is 0 Å². The number of methoxy groups -OCH3 is 1. The van der Waals surface area contributed by atoms with Gasteiger partial charge in [-0.2, -0.15) is 4.98 Å². The molecule has 3 aromatic rings. The number of aromatic nitrogens is 2. The number of phenolic OH excluding ortho intramolecular Hbond substituents is 1. The predicted molar refractivity (Wildman–Crippen MR) is 88.2 cm³/mol. The van der Waals surface area contributed by atoms with Crippen molar-refractivity contribution in [3.8, 4) is 22.9 Å². The lowest BCUT2D eigenvalue weighted by Gasteiger charge is -2.04. The number of nitrogens with zero attached hydrogens (tertiary/aromatic N) is 2. The van der Waals surface area contributed by atoms with Gasteiger partial charge in [0.25, 0.3) is 5.89 Å². The second-order valence-corrected chi connectivity index (χ2v) is 5.29. The van der Waals surface area contributed by atoms with Crippen molar-refractivity contribution >= 4 is 5.97 Å². The molecule has 0 unspecified atom stereocenters. The number of benzene rings is 2. The molecule has 3 rings (SSSR count). The van der Waals surface area contributed by atoms with E-state index in [2.05, 4.69) is 10.1 Å². The van der Waals surface area contributed by atoms with E-state index >= 15 is 0 Å². The molecule has 0 saturated heterocycles. The van der Waals surface area contributed by atoms with Crippen LogP contribution in [0.1, 0.15) is 21.8 Å². The van der Waals surface area contributed by atoms with Crippen LogP contribution in [0.2, 0.25) is 0 Å². The number of hydrogen-bond acceptors (Lipinski definition) is 7. The maximum atomic E-state index is 12.0. The molecule has 7 heteroatoms. The van der Waals surface area contributed by atoms with Gasteiger partial charge >= 0.3 is 5.97 Å². The van der Waals surface area contributed by atoms with Crippen LogP contribution in [-0.2, 0) is 11.3 Å². The summed E-state index contributed by atoms with van der Waals surface area (Å²) in [6.45, 7) is 1.57. The maximum Gasteiger partial charge on any atom is 0.338 e. The molecule has 0 radical (unpaired) electrons. The summed E-state index contributed by atoms with van der Waals surface area (Å²) in [5, 5.41) is 13.5. The molecule has 0 aliphatic heterocycles. The minimum absolute atomic E-state index is 0.0331. The molecule has 25 heavy (non-hydrogen) atoms. The molecular weight excluding hydrogens is 324 g/mol. The summed E-state index contributed by atoms with van der Waals surface area (Å²) in [5.74, 6) is 0.557. The van der Waals surface area contributed by atoms with Crippen LogP contribution < -0.4 is 4.74 Å². The molecule has 0 bridgehead atoms. The number of phenols is 1. The average molecular weight is 340 g/mol. The fourth-order valence-corrected chi connectivity index (χ4v) is 2.20. The largest absolute Gasteiger partial charge is 0.508 e. The Balaban J connectivity index is 1.69. The van der Waals surface area contributed by atoms with E-state index in [1.807, 2.05) is 12.1 Å². The van der Waals surface area contributed by atoms with Gasteiger partial charge < -0.3 is 19.1 Å². The van der Waals surface area contributed by atoms with Gasteiger partial charge in [-0.15, -0.1) is 0 Å². The van der Waals surface area contributed by atoms with Crippen LogP contribution in [0.4, 0.5) is 0 Å². The first-order chi connectivity index (χ1) is 12.1. The lowest BCUT2D eigenvalue weighted by molar-refractivity contribution is 0.0429. The minimum Gasteiger partial charge on any atom is -0.508 e. The average Bonchev–Trinajstić information content (AvgIpc) is 3.10. The molecular formula is C18H16N2O5. The SMILES string of the molecule is COc1ccccc1-c1noc(COC(=O)c2ccc(C)c(O)c2)n1. The van der Waals surface area contributed by atoms with Gasteiger partial charge in [-0.25, -0.2) is 4.79 Å². The topological polar surface area (TPSA) is 94.7 Å². The molecule has 1 aromatic heterocycles. The molecule has 2 aromatic carbocycles. The smallest absolute Gasteiger partial charge is 0.338 e. The predicted octanol–water partition coefficient (Wildman–Crippen LogP) is 3.12. The Bertz CT molecular complexity index is 904. The quantitative estimate of drug-likeness (QED) is 0.713. The van der Waals surface area contributed by atoms with Crippen molar-refractivity contribution in [2.45, 2.75) is 13.5 Å². The Kier molecular flexibility index (Phi) is 4.65. The Morgan fingerprint density at radius 1 is 1.24 bits per heavy atom. The third-order valence-corrected chi connectivity index (χ3v) is 3.59. The fraction of sp³-hybridized carbons (Fsp3) is 0.167. The first kappa shape index (κ1) is 16.5. The van der Waals surface area contributed by atoms with Crippen LogP contribution in [0, 0.1) is 6.92 Å². The van der Waals surface area contributed by atoms with Gasteiger partial charge in [0, 0.05) is 0 Å². The number of hydrogen-bond donors (Lipinski definition) is 1. The molecule has 0 saturated carbocycles. The van der Waals surface area contributed by atoms with Crippen molar-refractivity contribution in [3.05, 3.63) is 59.5 Å². The first-order valence-corrected chi connectivity index (χ1v) is 7.51. The number of aromatic hydroxyl groups is 1. The molecule has 0 amide bonds. The van der Waals surface area contributed by atoms with E-state index in [1.165, 1.54) is 6.07 Å². The van der Waals surface area contributed by atoms with Crippen molar-refractivity contribution in [2.24, 2.45) is 0 Å². The number of aryl methyl sites for hydroxylation is 1. The second-order valence-electron chi connectivity index (χ2n) is 5.29. The van der Waals surface area contributed by atoms with Crippen molar-refractivity contribution in [3.63, 3.8) is 0 Å². The van der Waals surface area contributed by atoms with E-state index < -0.39 is 5.97 Å². The molecule has 0 spiro atoms. The second kappa shape index (κ2) is 7.04. The zero-order valence-corrected chi connectivity index (χ0v) is 13.7. The summed E-state index contributed by atoms with van der Waals surface area (Å²) in [7, 11) is 1.55. The summed E-state index contributed by atoms with van der Waals surface area (Å²) in [4.78, 5) is 16.2. The highest BCUT2D eigenvalue weighted by Crippen LogP contribution is 2.27. The molecule has 0 fully saturated rings. The van der Waals surface area contributed by atoms with Gasteiger partial charge in [-0.1, -0.05) is 23.4 Å². The summed E-state index contributed by atoms with van der Waals surface area (Å²) in [6, 6.07) is 11.8. The van der Waals surface area contributed by atoms with E-state index in [0.29, 0.717) is 22.7 Å². The van der Waals surface area contributed by atoms with Crippen molar-refractivity contribution in [1.29, 1.82) is 0 Å². The highest BCUT2D eigenvalue weighted by Gasteiger charge is 2.15. The zero-order chi connectivity index (χ0) is 17.8. The first-order valence-electron chi connectivity index (χ1n) is 7.51. The van der Waals surface area contributed by atoms with E-state index in [1.54, 1.807) is 38.3 Å². The van der Waals surface area contributed by atoms with Gasteiger partial charge in [0.2, 0.25) is 5.82 Å². The third-order valence-electron chi connectivity index (χ3n) is 3.59. The molecule has 0 aliphatic rings. The standard InChI is InChI=1S/C18H16N2O5/c1-11-7-8-12(9-14(11)21)18(22)24-10-16-19-17(20-25-16)13-5-3-4-6-15(13)23-2/h3-9,21H,10H2,1-2H3. The van der Waals surface area contributed by atoms with E-state index in [0.717, 1.165) is 0 Å². The van der Waals surface area contributed by atoms with Crippen LogP contribution in [0.15, 0.2) is 47.0 Å². The number of ether oxygens (including phenoxy) is 2. The fourth-order valence-electron chi connectivity index (χ4n) is 2.20. The summed E-state index contributed by atoms with van der Waals surface area (Å²) in [6.07, 6.45) is 0. The lowest BCUT2D eigenvalue weighted by atomic mass is 10.1. The van der Waals surface area contributed by atoms with E-state index in [-0.39, 0.29) is 23.8 Å². The molecule has 0 atom stereocenters. The number of carbonyl (C=O) groups is 1. The normalized spacial score (nSPS) is 10.5. The van der Waals surface area contributed by atoms with Crippen LogP contribution in [0.3, 0.4) is 0 Å². The molecule has 1 N–H and O–H groups in total. The third kappa shape index (κ3) is 3.60. The monoisotopic (exact) mass is 340 g/mol. The summed E-state index contributed by atoms with van der Waals surface area (Å²) < 4.78 is 15.5. The number of carbonyl (C=O) groups excluding carboxylic acids is 1. The summed E-state index contributed by atoms with van der Waals surface area (Å²) >= 11 is 0. The zero-order valence-electron chi connectivity index (χ0n) is 13.7. The molecule has 128 valence electrons. The summed E-state index contributed by atoms with van der Waals surface area (Å²) in [5.41, 5.74) is 1.59. The Morgan fingerprint density at radius 3 is 2.80 bits per heavy atom. The highest BCUT2D eigenvalue weighted by atomic mass is 16.6. The van der Waals surface area contributed by atoms with Gasteiger partial charge in [-0.05, 0) is 36.8 Å². The minimum atomic E-state index is -0.590. The van der Waals surface area contributed by atoms with Gasteiger partial charge in [0.15, 0.2) is 6.61 Å². The van der Waals surface area contributed by atoms with Crippen LogP contribution in [-0.4, -0.2) is 28.3 Å². The van der Waals surface area contributed by atoms with E-state index in [4.69, 9.17) is 14.0 Å². The van der Waals surface area contributed by atoms with Crippen LogP contribution >= 0.6 is 0 Å². The molecule has 1 heterocycles. The number of esters is 1.